The standard InChI is InChI=1S/C10H12N4O4S2/c1-6(9-12-7(4-19-9)10(15)16)13-20(17,18)8-3-14(2)5-11-8/h3-6,13H,1-2H3,(H,15,16). The summed E-state index contributed by atoms with van der Waals surface area (Å²) < 4.78 is 28.0. The Bertz CT molecular complexity index is 734. The van der Waals surface area contributed by atoms with Crippen molar-refractivity contribution in [2.75, 3.05) is 0 Å². The number of carbonyl (C=O) groups is 1. The fraction of sp³-hybridized carbons (Fsp3) is 0.300. The molecule has 1 atom stereocenters. The molecule has 2 aromatic heterocycles. The van der Waals surface area contributed by atoms with E-state index in [1.165, 1.54) is 22.5 Å². The van der Waals surface area contributed by atoms with E-state index in [-0.39, 0.29) is 10.7 Å². The number of nitrogens with zero attached hydrogens (tertiary/aromatic N) is 3. The summed E-state index contributed by atoms with van der Waals surface area (Å²) in [6.45, 7) is 1.59. The van der Waals surface area contributed by atoms with Crippen molar-refractivity contribution in [3.05, 3.63) is 28.6 Å². The molecule has 0 bridgehead atoms. The van der Waals surface area contributed by atoms with Gasteiger partial charge >= 0.3 is 5.97 Å². The Morgan fingerprint density at radius 2 is 2.25 bits per heavy atom. The Morgan fingerprint density at radius 1 is 1.55 bits per heavy atom. The number of nitrogens with one attached hydrogen (secondary N) is 1. The molecule has 8 nitrogen and oxygen atoms in total. The Balaban J connectivity index is 2.18. The number of aromatic carboxylic acids is 1. The number of thiazole rings is 1. The number of aryl methyl sites for hydroxylation is 1. The van der Waals surface area contributed by atoms with Gasteiger partial charge in [0.2, 0.25) is 0 Å². The highest BCUT2D eigenvalue weighted by Gasteiger charge is 2.23. The predicted octanol–water partition coefficient (Wildman–Crippen LogP) is 0.614. The van der Waals surface area contributed by atoms with Gasteiger partial charge in [-0.1, -0.05) is 0 Å². The second-order valence-electron chi connectivity index (χ2n) is 4.10. The fourth-order valence-electron chi connectivity index (χ4n) is 1.46. The second kappa shape index (κ2) is 5.31. The van der Waals surface area contributed by atoms with Crippen LogP contribution in [0.2, 0.25) is 0 Å². The first-order valence-corrected chi connectivity index (χ1v) is 7.85. The number of hydrogen-bond acceptors (Lipinski definition) is 6. The molecule has 0 amide bonds. The van der Waals surface area contributed by atoms with Gasteiger partial charge in [0, 0.05) is 18.6 Å². The van der Waals surface area contributed by atoms with Gasteiger partial charge in [-0.2, -0.15) is 0 Å². The maximum Gasteiger partial charge on any atom is 0.355 e. The molecule has 0 saturated heterocycles. The number of carboxylic acid groups (broad SMARTS) is 1. The van der Waals surface area contributed by atoms with Crippen molar-refractivity contribution in [2.24, 2.45) is 7.05 Å². The van der Waals surface area contributed by atoms with Gasteiger partial charge in [0.25, 0.3) is 10.0 Å². The number of hydrogen-bond donors (Lipinski definition) is 2. The van der Waals surface area contributed by atoms with Crippen LogP contribution in [0.5, 0.6) is 0 Å². The van der Waals surface area contributed by atoms with Crippen molar-refractivity contribution >= 4 is 27.3 Å². The van der Waals surface area contributed by atoms with Crippen LogP contribution in [0.1, 0.15) is 28.5 Å². The highest BCUT2D eigenvalue weighted by molar-refractivity contribution is 7.89. The lowest BCUT2D eigenvalue weighted by atomic mass is 10.4. The summed E-state index contributed by atoms with van der Waals surface area (Å²) in [6.07, 6.45) is 2.75. The molecule has 0 spiro atoms. The predicted molar refractivity (Wildman–Crippen MR) is 71.0 cm³/mol. The molecule has 10 heteroatoms. The number of rotatable bonds is 5. The van der Waals surface area contributed by atoms with Crippen LogP contribution in [0, 0.1) is 0 Å². The van der Waals surface area contributed by atoms with Crippen LogP contribution in [0.3, 0.4) is 0 Å². The first-order valence-electron chi connectivity index (χ1n) is 5.48. The van der Waals surface area contributed by atoms with Crippen LogP contribution >= 0.6 is 11.3 Å². The topological polar surface area (TPSA) is 114 Å². The quantitative estimate of drug-likeness (QED) is 0.835. The first kappa shape index (κ1) is 14.6. The van der Waals surface area contributed by atoms with Crippen molar-refractivity contribution in [1.29, 1.82) is 0 Å². The molecule has 0 aliphatic carbocycles. The van der Waals surface area contributed by atoms with E-state index < -0.39 is 22.0 Å². The average molecular weight is 316 g/mol. The van der Waals surface area contributed by atoms with Gasteiger partial charge < -0.3 is 9.67 Å². The average Bonchev–Trinajstić information content (AvgIpc) is 2.96. The summed E-state index contributed by atoms with van der Waals surface area (Å²) in [4.78, 5) is 18.4. The molecule has 1 unspecified atom stereocenters. The van der Waals surface area contributed by atoms with E-state index in [2.05, 4.69) is 14.7 Å². The lowest BCUT2D eigenvalue weighted by Crippen LogP contribution is -2.27. The SMILES string of the molecule is CC(NS(=O)(=O)c1cn(C)cn1)c1nc(C(=O)O)cs1. The largest absolute Gasteiger partial charge is 0.476 e. The van der Waals surface area contributed by atoms with Crippen LogP contribution in [0.25, 0.3) is 0 Å². The summed E-state index contributed by atoms with van der Waals surface area (Å²) in [5, 5.41) is 10.4. The van der Waals surface area contributed by atoms with Gasteiger partial charge in [-0.15, -0.1) is 11.3 Å². The Morgan fingerprint density at radius 3 is 2.75 bits per heavy atom. The number of carboxylic acids is 1. The summed E-state index contributed by atoms with van der Waals surface area (Å²) in [6, 6.07) is -0.639. The molecule has 2 heterocycles. The van der Waals surface area contributed by atoms with Crippen molar-refractivity contribution < 1.29 is 18.3 Å². The molecule has 0 aliphatic heterocycles. The molecule has 2 aromatic rings. The molecule has 108 valence electrons. The van der Waals surface area contributed by atoms with Crippen molar-refractivity contribution in [3.8, 4) is 0 Å². The zero-order valence-electron chi connectivity index (χ0n) is 10.6. The molecular weight excluding hydrogens is 304 g/mol. The molecule has 0 fully saturated rings. The van der Waals surface area contributed by atoms with E-state index in [1.54, 1.807) is 14.0 Å². The van der Waals surface area contributed by atoms with Crippen molar-refractivity contribution in [1.82, 2.24) is 19.3 Å². The highest BCUT2D eigenvalue weighted by Crippen LogP contribution is 2.20. The van der Waals surface area contributed by atoms with Gasteiger partial charge in [0.1, 0.15) is 5.01 Å². The molecule has 0 saturated carbocycles. The van der Waals surface area contributed by atoms with E-state index >= 15 is 0 Å². The zero-order chi connectivity index (χ0) is 14.9. The highest BCUT2D eigenvalue weighted by atomic mass is 32.2. The maximum absolute atomic E-state index is 12.0. The monoisotopic (exact) mass is 316 g/mol. The summed E-state index contributed by atoms with van der Waals surface area (Å²) in [7, 11) is -2.10. The van der Waals surface area contributed by atoms with Gasteiger partial charge in [-0.25, -0.2) is 27.9 Å². The van der Waals surface area contributed by atoms with Crippen molar-refractivity contribution in [2.45, 2.75) is 18.0 Å². The number of sulfonamides is 1. The van der Waals surface area contributed by atoms with Crippen LogP contribution in [-0.4, -0.2) is 34.0 Å². The van der Waals surface area contributed by atoms with E-state index in [0.717, 1.165) is 11.3 Å². The Kier molecular flexibility index (Phi) is 3.88. The van der Waals surface area contributed by atoms with E-state index in [0.29, 0.717) is 5.01 Å². The third-order valence-electron chi connectivity index (χ3n) is 2.40. The van der Waals surface area contributed by atoms with Crippen LogP contribution in [-0.2, 0) is 17.1 Å². The van der Waals surface area contributed by atoms with E-state index in [1.807, 2.05) is 0 Å². The third-order valence-corrected chi connectivity index (χ3v) is 4.85. The first-order chi connectivity index (χ1) is 9.29. The summed E-state index contributed by atoms with van der Waals surface area (Å²) in [5.41, 5.74) is -0.103. The van der Waals surface area contributed by atoms with Gasteiger partial charge in [0.05, 0.1) is 12.4 Å². The lowest BCUT2D eigenvalue weighted by Gasteiger charge is -2.09. The minimum atomic E-state index is -3.76. The molecular formula is C10H12N4O4S2. The molecule has 0 aromatic carbocycles. The van der Waals surface area contributed by atoms with Gasteiger partial charge in [-0.3, -0.25) is 0 Å². The smallest absolute Gasteiger partial charge is 0.355 e. The summed E-state index contributed by atoms with van der Waals surface area (Å²) in [5.74, 6) is -1.15. The maximum atomic E-state index is 12.0. The minimum Gasteiger partial charge on any atom is -0.476 e. The van der Waals surface area contributed by atoms with E-state index in [4.69, 9.17) is 5.11 Å². The Hall–Kier alpha value is -1.78. The third kappa shape index (κ3) is 3.03. The lowest BCUT2D eigenvalue weighted by molar-refractivity contribution is 0.0691. The second-order valence-corrected chi connectivity index (χ2v) is 6.65. The molecule has 20 heavy (non-hydrogen) atoms. The van der Waals surface area contributed by atoms with Gasteiger partial charge in [-0.05, 0) is 6.92 Å². The number of imidazole rings is 1. The number of aromatic nitrogens is 3. The normalized spacial score (nSPS) is 13.3. The summed E-state index contributed by atoms with van der Waals surface area (Å²) >= 11 is 1.08. The molecule has 0 radical (unpaired) electrons. The minimum absolute atomic E-state index is 0.0955. The molecule has 0 aliphatic rings. The van der Waals surface area contributed by atoms with Crippen LogP contribution in [0.15, 0.2) is 22.9 Å². The van der Waals surface area contributed by atoms with Crippen LogP contribution in [0.4, 0.5) is 0 Å². The molecule has 2 rings (SSSR count). The van der Waals surface area contributed by atoms with Gasteiger partial charge in [0.15, 0.2) is 10.7 Å². The zero-order valence-corrected chi connectivity index (χ0v) is 12.3. The Labute approximate surface area is 119 Å². The molecule has 2 N–H and O–H groups in total. The van der Waals surface area contributed by atoms with Crippen LogP contribution < -0.4 is 4.72 Å². The van der Waals surface area contributed by atoms with Crippen molar-refractivity contribution in [3.63, 3.8) is 0 Å². The van der Waals surface area contributed by atoms with E-state index in [9.17, 15) is 13.2 Å². The fourth-order valence-corrected chi connectivity index (χ4v) is 3.52.